The van der Waals surface area contributed by atoms with Crippen molar-refractivity contribution in [3.8, 4) is 5.75 Å². The number of benzene rings is 3. The van der Waals surface area contributed by atoms with Crippen LogP contribution in [0, 0.1) is 5.82 Å². The lowest BCUT2D eigenvalue weighted by Crippen LogP contribution is -2.45. The third-order valence-corrected chi connectivity index (χ3v) is 5.12. The second-order valence-electron chi connectivity index (χ2n) is 7.09. The maximum Gasteiger partial charge on any atom is 0.123 e. The van der Waals surface area contributed by atoms with Gasteiger partial charge in [0.1, 0.15) is 18.2 Å². The van der Waals surface area contributed by atoms with Crippen molar-refractivity contribution >= 4 is 0 Å². The first-order valence-electron chi connectivity index (χ1n) is 9.76. The molecule has 1 fully saturated rings. The van der Waals surface area contributed by atoms with Gasteiger partial charge < -0.3 is 10.1 Å². The minimum atomic E-state index is -0.206. The first-order chi connectivity index (χ1) is 13.8. The van der Waals surface area contributed by atoms with E-state index in [-0.39, 0.29) is 11.9 Å². The topological polar surface area (TPSA) is 24.5 Å². The largest absolute Gasteiger partial charge is 0.489 e. The summed E-state index contributed by atoms with van der Waals surface area (Å²) in [5.41, 5.74) is 3.41. The second kappa shape index (κ2) is 9.00. The number of ether oxygens (including phenoxy) is 1. The molecule has 28 heavy (non-hydrogen) atoms. The van der Waals surface area contributed by atoms with Crippen LogP contribution >= 0.6 is 0 Å². The van der Waals surface area contributed by atoms with E-state index in [0.29, 0.717) is 6.61 Å². The van der Waals surface area contributed by atoms with Crippen LogP contribution in [0.15, 0.2) is 78.9 Å². The average Bonchev–Trinajstić information content (AvgIpc) is 2.76. The van der Waals surface area contributed by atoms with Gasteiger partial charge in [-0.3, -0.25) is 4.90 Å². The quantitative estimate of drug-likeness (QED) is 0.690. The fraction of sp³-hybridized carbons (Fsp3) is 0.250. The summed E-state index contributed by atoms with van der Waals surface area (Å²) in [5, 5.41) is 3.41. The highest BCUT2D eigenvalue weighted by Gasteiger charge is 2.24. The summed E-state index contributed by atoms with van der Waals surface area (Å²) in [4.78, 5) is 2.44. The molecule has 0 amide bonds. The Balaban J connectivity index is 1.59. The van der Waals surface area contributed by atoms with Crippen LogP contribution in [0.3, 0.4) is 0 Å². The van der Waals surface area contributed by atoms with E-state index in [4.69, 9.17) is 4.74 Å². The van der Waals surface area contributed by atoms with Gasteiger partial charge in [-0.05, 0) is 41.0 Å². The first-order valence-corrected chi connectivity index (χ1v) is 9.76. The van der Waals surface area contributed by atoms with Gasteiger partial charge in [-0.25, -0.2) is 4.39 Å². The molecule has 0 aliphatic carbocycles. The Labute approximate surface area is 165 Å². The summed E-state index contributed by atoms with van der Waals surface area (Å²) in [5.74, 6) is 0.645. The molecule has 0 saturated carbocycles. The molecule has 0 radical (unpaired) electrons. The summed E-state index contributed by atoms with van der Waals surface area (Å²) in [7, 11) is 0. The molecular weight excluding hydrogens is 351 g/mol. The van der Waals surface area contributed by atoms with E-state index < -0.39 is 0 Å². The molecule has 1 aliphatic rings. The molecule has 3 nitrogen and oxygen atoms in total. The normalized spacial score (nSPS) is 15.9. The summed E-state index contributed by atoms with van der Waals surface area (Å²) in [6.45, 7) is 4.37. The number of rotatable bonds is 6. The van der Waals surface area contributed by atoms with Crippen molar-refractivity contribution in [3.63, 3.8) is 0 Å². The number of hydrogen-bond donors (Lipinski definition) is 1. The van der Waals surface area contributed by atoms with Crippen molar-refractivity contribution in [2.45, 2.75) is 12.6 Å². The van der Waals surface area contributed by atoms with Crippen molar-refractivity contribution in [3.05, 3.63) is 101 Å². The number of nitrogens with zero attached hydrogens (tertiary/aromatic N) is 1. The minimum Gasteiger partial charge on any atom is -0.489 e. The van der Waals surface area contributed by atoms with Crippen molar-refractivity contribution in [1.82, 2.24) is 10.2 Å². The predicted octanol–water partition coefficient (Wildman–Crippen LogP) is 4.40. The molecule has 0 aromatic heterocycles. The van der Waals surface area contributed by atoms with Gasteiger partial charge in [0.2, 0.25) is 0 Å². The van der Waals surface area contributed by atoms with Crippen LogP contribution in [-0.4, -0.2) is 31.1 Å². The Morgan fingerprint density at radius 3 is 2.36 bits per heavy atom. The SMILES string of the molecule is Fc1ccc(C(c2cccc(OCc3ccccc3)c2)N2CCNCC2)cc1. The Bertz CT molecular complexity index is 877. The van der Waals surface area contributed by atoms with Crippen LogP contribution in [0.1, 0.15) is 22.7 Å². The van der Waals surface area contributed by atoms with Crippen molar-refractivity contribution in [1.29, 1.82) is 0 Å². The maximum absolute atomic E-state index is 13.5. The molecule has 4 rings (SSSR count). The van der Waals surface area contributed by atoms with Gasteiger partial charge in [0.25, 0.3) is 0 Å². The highest BCUT2D eigenvalue weighted by molar-refractivity contribution is 5.37. The van der Waals surface area contributed by atoms with Gasteiger partial charge in [0.05, 0.1) is 6.04 Å². The van der Waals surface area contributed by atoms with Gasteiger partial charge >= 0.3 is 0 Å². The molecule has 3 aromatic carbocycles. The molecule has 0 bridgehead atoms. The predicted molar refractivity (Wildman–Crippen MR) is 110 cm³/mol. The molecule has 1 saturated heterocycles. The van der Waals surface area contributed by atoms with E-state index in [1.807, 2.05) is 42.5 Å². The van der Waals surface area contributed by atoms with E-state index in [1.54, 1.807) is 12.1 Å². The number of halogens is 1. The average molecular weight is 376 g/mol. The lowest BCUT2D eigenvalue weighted by molar-refractivity contribution is 0.198. The van der Waals surface area contributed by atoms with Gasteiger partial charge in [0, 0.05) is 26.2 Å². The Morgan fingerprint density at radius 2 is 1.61 bits per heavy atom. The molecule has 1 unspecified atom stereocenters. The van der Waals surface area contributed by atoms with Crippen molar-refractivity contribution in [2.75, 3.05) is 26.2 Å². The molecule has 1 atom stereocenters. The third kappa shape index (κ3) is 4.58. The smallest absolute Gasteiger partial charge is 0.123 e. The number of nitrogens with one attached hydrogen (secondary N) is 1. The molecular formula is C24H25FN2O. The van der Waals surface area contributed by atoms with Crippen molar-refractivity contribution < 1.29 is 9.13 Å². The highest BCUT2D eigenvalue weighted by Crippen LogP contribution is 2.31. The summed E-state index contributed by atoms with van der Waals surface area (Å²) in [6, 6.07) is 25.4. The Kier molecular flexibility index (Phi) is 6.00. The summed E-state index contributed by atoms with van der Waals surface area (Å²) >= 11 is 0. The van der Waals surface area contributed by atoms with Gasteiger partial charge in [-0.2, -0.15) is 0 Å². The lowest BCUT2D eigenvalue weighted by Gasteiger charge is -2.35. The van der Waals surface area contributed by atoms with Crippen LogP contribution < -0.4 is 10.1 Å². The molecule has 0 spiro atoms. The Morgan fingerprint density at radius 1 is 0.857 bits per heavy atom. The summed E-state index contributed by atoms with van der Waals surface area (Å²) in [6.07, 6.45) is 0. The molecule has 144 valence electrons. The fourth-order valence-corrected chi connectivity index (χ4v) is 3.71. The van der Waals surface area contributed by atoms with Crippen LogP contribution in [-0.2, 0) is 6.61 Å². The molecule has 4 heteroatoms. The van der Waals surface area contributed by atoms with E-state index in [2.05, 4.69) is 34.5 Å². The van der Waals surface area contributed by atoms with Gasteiger partial charge in [-0.1, -0.05) is 54.6 Å². The molecule has 1 N–H and O–H groups in total. The molecule has 3 aromatic rings. The Hall–Kier alpha value is -2.69. The monoisotopic (exact) mass is 376 g/mol. The van der Waals surface area contributed by atoms with Crippen molar-refractivity contribution in [2.24, 2.45) is 0 Å². The second-order valence-corrected chi connectivity index (χ2v) is 7.09. The van der Waals surface area contributed by atoms with Crippen LogP contribution in [0.4, 0.5) is 4.39 Å². The van der Waals surface area contributed by atoms with Gasteiger partial charge in [-0.15, -0.1) is 0 Å². The number of hydrogen-bond acceptors (Lipinski definition) is 3. The minimum absolute atomic E-state index is 0.0861. The fourth-order valence-electron chi connectivity index (χ4n) is 3.71. The highest BCUT2D eigenvalue weighted by atomic mass is 19.1. The van der Waals surface area contributed by atoms with Crippen LogP contribution in [0.2, 0.25) is 0 Å². The maximum atomic E-state index is 13.5. The van der Waals surface area contributed by atoms with E-state index in [0.717, 1.165) is 43.1 Å². The van der Waals surface area contributed by atoms with Crippen LogP contribution in [0.25, 0.3) is 0 Å². The number of piperazine rings is 1. The zero-order valence-electron chi connectivity index (χ0n) is 15.9. The zero-order chi connectivity index (χ0) is 19.2. The zero-order valence-corrected chi connectivity index (χ0v) is 15.9. The van der Waals surface area contributed by atoms with E-state index in [1.165, 1.54) is 5.56 Å². The summed E-state index contributed by atoms with van der Waals surface area (Å²) < 4.78 is 19.5. The molecule has 1 heterocycles. The first kappa shape index (κ1) is 18.7. The standard InChI is InChI=1S/C24H25FN2O/c25-22-11-9-20(10-12-22)24(27-15-13-26-14-16-27)21-7-4-8-23(17-21)28-18-19-5-2-1-3-6-19/h1-12,17,24,26H,13-16,18H2. The lowest BCUT2D eigenvalue weighted by atomic mass is 9.96. The third-order valence-electron chi connectivity index (χ3n) is 5.12. The van der Waals surface area contributed by atoms with E-state index in [9.17, 15) is 4.39 Å². The van der Waals surface area contributed by atoms with E-state index >= 15 is 0 Å². The van der Waals surface area contributed by atoms with Gasteiger partial charge in [0.15, 0.2) is 0 Å². The van der Waals surface area contributed by atoms with Crippen LogP contribution in [0.5, 0.6) is 5.75 Å². The molecule has 1 aliphatic heterocycles.